The number of rotatable bonds is 5. The van der Waals surface area contributed by atoms with Crippen molar-refractivity contribution >= 4 is 29.2 Å². The summed E-state index contributed by atoms with van der Waals surface area (Å²) in [5.74, 6) is -0.667. The average molecular weight is 340 g/mol. The average Bonchev–Trinajstić information content (AvgIpc) is 2.44. The van der Waals surface area contributed by atoms with Crippen molar-refractivity contribution in [3.05, 3.63) is 23.2 Å². The van der Waals surface area contributed by atoms with E-state index < -0.39 is 24.7 Å². The van der Waals surface area contributed by atoms with Crippen molar-refractivity contribution in [1.29, 1.82) is 0 Å². The van der Waals surface area contributed by atoms with E-state index in [2.05, 4.69) is 20.7 Å². The van der Waals surface area contributed by atoms with Crippen LogP contribution in [-0.2, 0) is 4.79 Å². The zero-order valence-corrected chi connectivity index (χ0v) is 12.1. The van der Waals surface area contributed by atoms with Crippen molar-refractivity contribution in [1.82, 2.24) is 10.6 Å². The number of alkyl halides is 3. The van der Waals surface area contributed by atoms with E-state index in [0.717, 1.165) is 6.07 Å². The lowest BCUT2D eigenvalue weighted by molar-refractivity contribution is -0.153. The number of carbonyl (C=O) groups excluding carboxylic acids is 2. The Kier molecular flexibility index (Phi) is 6.29. The SMILES string of the molecule is CNC(=O)CNC(=O)Nc1ccc(Cl)cc1OCC(F)(F)F. The first kappa shape index (κ1) is 17.9. The smallest absolute Gasteiger partial charge is 0.422 e. The van der Waals surface area contributed by atoms with E-state index in [1.54, 1.807) is 0 Å². The zero-order chi connectivity index (χ0) is 16.8. The van der Waals surface area contributed by atoms with Crippen LogP contribution in [0.1, 0.15) is 0 Å². The van der Waals surface area contributed by atoms with Crippen LogP contribution in [0.25, 0.3) is 0 Å². The number of benzene rings is 1. The van der Waals surface area contributed by atoms with Gasteiger partial charge >= 0.3 is 12.2 Å². The van der Waals surface area contributed by atoms with Crippen molar-refractivity contribution < 1.29 is 27.5 Å². The summed E-state index contributed by atoms with van der Waals surface area (Å²) in [5.41, 5.74) is -0.0111. The molecule has 0 saturated carbocycles. The van der Waals surface area contributed by atoms with E-state index in [9.17, 15) is 22.8 Å². The van der Waals surface area contributed by atoms with Crippen LogP contribution in [0.3, 0.4) is 0 Å². The minimum atomic E-state index is -4.53. The van der Waals surface area contributed by atoms with E-state index in [1.807, 2.05) is 0 Å². The number of likely N-dealkylation sites (N-methyl/N-ethyl adjacent to an activating group) is 1. The molecule has 0 aliphatic heterocycles. The van der Waals surface area contributed by atoms with Crippen LogP contribution in [0.5, 0.6) is 5.75 Å². The number of carbonyl (C=O) groups is 2. The molecule has 0 aromatic heterocycles. The predicted molar refractivity (Wildman–Crippen MR) is 74.1 cm³/mol. The summed E-state index contributed by atoms with van der Waals surface area (Å²) >= 11 is 5.68. The summed E-state index contributed by atoms with van der Waals surface area (Å²) in [4.78, 5) is 22.5. The summed E-state index contributed by atoms with van der Waals surface area (Å²) in [5, 5.41) is 6.93. The molecule has 10 heteroatoms. The van der Waals surface area contributed by atoms with E-state index in [1.165, 1.54) is 19.2 Å². The number of ether oxygens (including phenoxy) is 1. The maximum atomic E-state index is 12.2. The van der Waals surface area contributed by atoms with E-state index in [-0.39, 0.29) is 23.0 Å². The van der Waals surface area contributed by atoms with Crippen molar-refractivity contribution in [2.24, 2.45) is 0 Å². The van der Waals surface area contributed by atoms with Gasteiger partial charge in [-0.25, -0.2) is 4.79 Å². The second kappa shape index (κ2) is 7.74. The Balaban J connectivity index is 2.72. The lowest BCUT2D eigenvalue weighted by atomic mass is 10.3. The Morgan fingerprint density at radius 2 is 2.00 bits per heavy atom. The molecule has 6 nitrogen and oxygen atoms in total. The molecule has 0 radical (unpaired) electrons. The lowest BCUT2D eigenvalue weighted by Crippen LogP contribution is -2.37. The second-order valence-electron chi connectivity index (χ2n) is 4.03. The molecule has 0 atom stereocenters. The van der Waals surface area contributed by atoms with Crippen molar-refractivity contribution in [2.75, 3.05) is 25.5 Å². The Hall–Kier alpha value is -2.16. The Labute approximate surface area is 129 Å². The molecule has 0 aliphatic rings. The molecular formula is C12H13ClF3N3O3. The fourth-order valence-corrected chi connectivity index (χ4v) is 1.46. The van der Waals surface area contributed by atoms with Crippen LogP contribution in [0, 0.1) is 0 Å². The third-order valence-corrected chi connectivity index (χ3v) is 2.51. The number of amides is 3. The second-order valence-corrected chi connectivity index (χ2v) is 4.46. The molecule has 3 N–H and O–H groups in total. The van der Waals surface area contributed by atoms with Crippen molar-refractivity contribution in [3.63, 3.8) is 0 Å². The first-order valence-corrected chi connectivity index (χ1v) is 6.33. The van der Waals surface area contributed by atoms with Crippen LogP contribution in [0.4, 0.5) is 23.7 Å². The molecule has 0 fully saturated rings. The molecule has 122 valence electrons. The number of halogens is 4. The topological polar surface area (TPSA) is 79.5 Å². The van der Waals surface area contributed by atoms with Gasteiger partial charge in [-0.3, -0.25) is 4.79 Å². The highest BCUT2D eigenvalue weighted by Gasteiger charge is 2.29. The summed E-state index contributed by atoms with van der Waals surface area (Å²) in [6, 6.07) is 3.02. The molecule has 0 saturated heterocycles. The third-order valence-electron chi connectivity index (χ3n) is 2.27. The van der Waals surface area contributed by atoms with Gasteiger partial charge in [0.25, 0.3) is 0 Å². The van der Waals surface area contributed by atoms with Crippen LogP contribution in [0.15, 0.2) is 18.2 Å². The molecule has 0 heterocycles. The third kappa shape index (κ3) is 6.53. The quantitative estimate of drug-likeness (QED) is 0.769. The monoisotopic (exact) mass is 339 g/mol. The molecule has 1 aromatic carbocycles. The zero-order valence-electron chi connectivity index (χ0n) is 11.4. The standard InChI is InChI=1S/C12H13ClF3N3O3/c1-17-10(20)5-18-11(21)19-8-3-2-7(13)4-9(8)22-6-12(14,15)16/h2-4H,5-6H2,1H3,(H,17,20)(H2,18,19,21). The van der Waals surface area contributed by atoms with Crippen LogP contribution < -0.4 is 20.7 Å². The first-order chi connectivity index (χ1) is 10.2. The van der Waals surface area contributed by atoms with Crippen molar-refractivity contribution in [3.8, 4) is 5.75 Å². The number of anilines is 1. The predicted octanol–water partition coefficient (Wildman–Crippen LogP) is 2.15. The van der Waals surface area contributed by atoms with Crippen LogP contribution >= 0.6 is 11.6 Å². The highest BCUT2D eigenvalue weighted by atomic mass is 35.5. The number of urea groups is 1. The molecule has 1 rings (SSSR count). The largest absolute Gasteiger partial charge is 0.482 e. The normalized spacial score (nSPS) is 10.8. The maximum absolute atomic E-state index is 12.2. The Bertz CT molecular complexity index is 552. The fraction of sp³-hybridized carbons (Fsp3) is 0.333. The van der Waals surface area contributed by atoms with Gasteiger partial charge in [-0.15, -0.1) is 0 Å². The van der Waals surface area contributed by atoms with Gasteiger partial charge in [0, 0.05) is 18.1 Å². The minimum absolute atomic E-state index is 0.0111. The summed E-state index contributed by atoms with van der Waals surface area (Å²) in [6.07, 6.45) is -4.53. The fourth-order valence-electron chi connectivity index (χ4n) is 1.29. The number of hydrogen-bond donors (Lipinski definition) is 3. The lowest BCUT2D eigenvalue weighted by Gasteiger charge is -2.14. The first-order valence-electron chi connectivity index (χ1n) is 5.96. The van der Waals surface area contributed by atoms with Gasteiger partial charge in [0.05, 0.1) is 12.2 Å². The highest BCUT2D eigenvalue weighted by molar-refractivity contribution is 6.30. The summed E-state index contributed by atoms with van der Waals surface area (Å²) < 4.78 is 41.1. The van der Waals surface area contributed by atoms with Gasteiger partial charge in [0.15, 0.2) is 6.61 Å². The van der Waals surface area contributed by atoms with E-state index >= 15 is 0 Å². The molecule has 1 aromatic rings. The van der Waals surface area contributed by atoms with Crippen LogP contribution in [0.2, 0.25) is 5.02 Å². The maximum Gasteiger partial charge on any atom is 0.422 e. The van der Waals surface area contributed by atoms with Gasteiger partial charge in [0.1, 0.15) is 5.75 Å². The highest BCUT2D eigenvalue weighted by Crippen LogP contribution is 2.29. The Morgan fingerprint density at radius 1 is 1.32 bits per heavy atom. The van der Waals surface area contributed by atoms with Crippen LogP contribution in [-0.4, -0.2) is 38.3 Å². The van der Waals surface area contributed by atoms with E-state index in [0.29, 0.717) is 0 Å². The van der Waals surface area contributed by atoms with Gasteiger partial charge in [-0.05, 0) is 12.1 Å². The molecule has 22 heavy (non-hydrogen) atoms. The molecule has 0 spiro atoms. The Morgan fingerprint density at radius 3 is 2.59 bits per heavy atom. The molecule has 3 amide bonds. The van der Waals surface area contributed by atoms with Gasteiger partial charge in [-0.2, -0.15) is 13.2 Å². The van der Waals surface area contributed by atoms with E-state index in [4.69, 9.17) is 11.6 Å². The summed E-state index contributed by atoms with van der Waals surface area (Å²) in [7, 11) is 1.39. The van der Waals surface area contributed by atoms with Gasteiger partial charge in [-0.1, -0.05) is 11.6 Å². The molecular weight excluding hydrogens is 327 g/mol. The molecule has 0 unspecified atom stereocenters. The molecule has 0 bridgehead atoms. The van der Waals surface area contributed by atoms with Gasteiger partial charge in [0.2, 0.25) is 5.91 Å². The summed E-state index contributed by atoms with van der Waals surface area (Å²) in [6.45, 7) is -1.81. The van der Waals surface area contributed by atoms with Crippen molar-refractivity contribution in [2.45, 2.75) is 6.18 Å². The number of hydrogen-bond acceptors (Lipinski definition) is 3. The van der Waals surface area contributed by atoms with Gasteiger partial charge < -0.3 is 20.7 Å². The minimum Gasteiger partial charge on any atom is -0.482 e. The molecule has 0 aliphatic carbocycles. The number of nitrogens with one attached hydrogen (secondary N) is 3.